The summed E-state index contributed by atoms with van der Waals surface area (Å²) in [5, 5.41) is 11.3. The molecular formula is C30H39N5O5. The number of ketones is 1. The van der Waals surface area contributed by atoms with Gasteiger partial charge >= 0.3 is 6.09 Å². The first-order valence-electron chi connectivity index (χ1n) is 13.6. The van der Waals surface area contributed by atoms with Gasteiger partial charge in [-0.05, 0) is 58.4 Å². The number of carbonyl (C=O) groups is 3. The molecule has 1 aliphatic carbocycles. The van der Waals surface area contributed by atoms with Crippen LogP contribution in [0.5, 0.6) is 0 Å². The van der Waals surface area contributed by atoms with Crippen molar-refractivity contribution in [3.63, 3.8) is 0 Å². The second-order valence-electron chi connectivity index (χ2n) is 12.7. The third kappa shape index (κ3) is 6.78. The molecule has 0 bridgehead atoms. The minimum atomic E-state index is -0.732. The monoisotopic (exact) mass is 549 g/mol. The van der Waals surface area contributed by atoms with Crippen LogP contribution in [0.25, 0.3) is 11.3 Å². The summed E-state index contributed by atoms with van der Waals surface area (Å²) in [5.74, 6) is 0.696. The maximum absolute atomic E-state index is 12.8. The Labute approximate surface area is 234 Å². The van der Waals surface area contributed by atoms with Crippen LogP contribution in [-0.2, 0) is 22.4 Å². The molecule has 1 aromatic carbocycles. The number of nitrogens with one attached hydrogen (secondary N) is 1. The number of hydrogen-bond acceptors (Lipinski definition) is 7. The van der Waals surface area contributed by atoms with Crippen LogP contribution in [-0.4, -0.2) is 38.3 Å². The third-order valence-electron chi connectivity index (χ3n) is 6.85. The van der Waals surface area contributed by atoms with Gasteiger partial charge < -0.3 is 15.0 Å². The largest absolute Gasteiger partial charge is 0.444 e. The standard InChI is InChI=1S/C30H39N5O5/c1-17(2)35-27(32-28(38)39-29(3,4)5)24(26(31)37)25(33-35)19-10-8-18(9-11-19)12-22(36)13-21-14-23(40-34-21)20-15-30(6,7)16-20/h8-11,14,17,20H,12-13,15-16H2,1-7H3,(H2,31,37)(H,32,38). The second kappa shape index (κ2) is 10.9. The van der Waals surface area contributed by atoms with Crippen molar-refractivity contribution >= 4 is 23.6 Å². The molecule has 1 fully saturated rings. The highest BCUT2D eigenvalue weighted by molar-refractivity contribution is 6.06. The highest BCUT2D eigenvalue weighted by Gasteiger charge is 2.39. The molecule has 40 heavy (non-hydrogen) atoms. The molecule has 2 aromatic heterocycles. The topological polar surface area (TPSA) is 142 Å². The number of carbonyl (C=O) groups excluding carboxylic acids is 3. The van der Waals surface area contributed by atoms with Gasteiger partial charge in [-0.15, -0.1) is 0 Å². The Balaban J connectivity index is 1.48. The van der Waals surface area contributed by atoms with Crippen LogP contribution >= 0.6 is 0 Å². The van der Waals surface area contributed by atoms with Gasteiger partial charge in [-0.25, -0.2) is 9.48 Å². The Morgan fingerprint density at radius 1 is 1.15 bits per heavy atom. The van der Waals surface area contributed by atoms with Crippen molar-refractivity contribution in [2.45, 2.75) is 91.7 Å². The first kappa shape index (κ1) is 29.0. The Bertz CT molecular complexity index is 1400. The zero-order valence-electron chi connectivity index (χ0n) is 24.3. The minimum Gasteiger partial charge on any atom is -0.444 e. The lowest BCUT2D eigenvalue weighted by Gasteiger charge is -2.41. The summed E-state index contributed by atoms with van der Waals surface area (Å²) in [4.78, 5) is 37.8. The molecule has 10 heteroatoms. The van der Waals surface area contributed by atoms with E-state index < -0.39 is 17.6 Å². The number of nitrogens with zero attached hydrogens (tertiary/aromatic N) is 3. The number of hydrogen-bond donors (Lipinski definition) is 2. The fourth-order valence-electron chi connectivity index (χ4n) is 5.12. The van der Waals surface area contributed by atoms with E-state index in [1.165, 1.54) is 4.68 Å². The van der Waals surface area contributed by atoms with Gasteiger partial charge in [-0.2, -0.15) is 5.10 Å². The van der Waals surface area contributed by atoms with Crippen LogP contribution in [0.2, 0.25) is 0 Å². The summed E-state index contributed by atoms with van der Waals surface area (Å²) in [5.41, 5.74) is 7.86. The quantitative estimate of drug-likeness (QED) is 0.342. The molecule has 1 aliphatic rings. The van der Waals surface area contributed by atoms with Gasteiger partial charge in [-0.1, -0.05) is 43.3 Å². The van der Waals surface area contributed by atoms with E-state index in [4.69, 9.17) is 15.0 Å². The first-order chi connectivity index (χ1) is 18.6. The molecule has 0 unspecified atom stereocenters. The molecule has 0 radical (unpaired) electrons. The number of aromatic nitrogens is 3. The zero-order valence-corrected chi connectivity index (χ0v) is 24.3. The van der Waals surface area contributed by atoms with Crippen LogP contribution < -0.4 is 11.1 Å². The van der Waals surface area contributed by atoms with E-state index in [1.807, 2.05) is 32.0 Å². The number of rotatable bonds is 9. The van der Waals surface area contributed by atoms with Crippen molar-refractivity contribution in [1.82, 2.24) is 14.9 Å². The van der Waals surface area contributed by atoms with Crippen LogP contribution in [0.1, 0.15) is 101 Å². The predicted octanol–water partition coefficient (Wildman–Crippen LogP) is 5.82. The lowest BCUT2D eigenvalue weighted by atomic mass is 9.64. The Morgan fingerprint density at radius 3 is 2.35 bits per heavy atom. The predicted molar refractivity (Wildman–Crippen MR) is 151 cm³/mol. The Hall–Kier alpha value is -3.95. The molecule has 0 aliphatic heterocycles. The first-order valence-corrected chi connectivity index (χ1v) is 13.6. The van der Waals surface area contributed by atoms with Crippen molar-refractivity contribution in [3.05, 3.63) is 52.9 Å². The lowest BCUT2D eigenvalue weighted by molar-refractivity contribution is -0.117. The van der Waals surface area contributed by atoms with Gasteiger partial charge in [0.15, 0.2) is 0 Å². The molecule has 2 amide bonds. The molecular weight excluding hydrogens is 510 g/mol. The molecule has 214 valence electrons. The molecule has 2 heterocycles. The Morgan fingerprint density at radius 2 is 1.80 bits per heavy atom. The fraction of sp³-hybridized carbons (Fsp3) is 0.500. The molecule has 10 nitrogen and oxygen atoms in total. The number of nitrogens with two attached hydrogens (primary N) is 1. The summed E-state index contributed by atoms with van der Waals surface area (Å²) in [6.45, 7) is 13.5. The smallest absolute Gasteiger partial charge is 0.413 e. The average molecular weight is 550 g/mol. The number of ether oxygens (including phenoxy) is 1. The van der Waals surface area contributed by atoms with Gasteiger partial charge in [-0.3, -0.25) is 14.9 Å². The van der Waals surface area contributed by atoms with E-state index >= 15 is 0 Å². The third-order valence-corrected chi connectivity index (χ3v) is 6.85. The van der Waals surface area contributed by atoms with Crippen molar-refractivity contribution in [2.75, 3.05) is 5.32 Å². The molecule has 3 aromatic rings. The number of benzene rings is 1. The van der Waals surface area contributed by atoms with Crippen LogP contribution in [0.4, 0.5) is 10.6 Å². The van der Waals surface area contributed by atoms with Crippen LogP contribution in [0, 0.1) is 5.41 Å². The van der Waals surface area contributed by atoms with E-state index in [-0.39, 0.29) is 36.0 Å². The number of Topliss-reactive ketones (excluding diaryl/α,β-unsaturated/α-hetero) is 1. The van der Waals surface area contributed by atoms with Crippen molar-refractivity contribution in [1.29, 1.82) is 0 Å². The number of anilines is 1. The van der Waals surface area contributed by atoms with Gasteiger partial charge in [0.05, 0.1) is 12.1 Å². The normalized spacial score (nSPS) is 15.1. The van der Waals surface area contributed by atoms with Gasteiger partial charge in [0.2, 0.25) is 0 Å². The van der Waals surface area contributed by atoms with Crippen LogP contribution in [0.15, 0.2) is 34.9 Å². The summed E-state index contributed by atoms with van der Waals surface area (Å²) in [6, 6.07) is 8.93. The molecule has 1 saturated carbocycles. The maximum Gasteiger partial charge on any atom is 0.413 e. The van der Waals surface area contributed by atoms with E-state index in [9.17, 15) is 14.4 Å². The summed E-state index contributed by atoms with van der Waals surface area (Å²) >= 11 is 0. The summed E-state index contributed by atoms with van der Waals surface area (Å²) in [7, 11) is 0. The molecule has 0 saturated heterocycles. The fourth-order valence-corrected chi connectivity index (χ4v) is 5.12. The summed E-state index contributed by atoms with van der Waals surface area (Å²) in [6.07, 6.45) is 1.84. The highest BCUT2D eigenvalue weighted by atomic mass is 16.6. The molecule has 4 rings (SSSR count). The van der Waals surface area contributed by atoms with Crippen LogP contribution in [0.3, 0.4) is 0 Å². The van der Waals surface area contributed by atoms with Gasteiger partial charge in [0.25, 0.3) is 5.91 Å². The van der Waals surface area contributed by atoms with Gasteiger partial charge in [0.1, 0.15) is 34.2 Å². The number of primary amides is 1. The SMILES string of the molecule is CC(C)n1nc(-c2ccc(CC(=O)Cc3cc(C4CC(C)(C)C4)on3)cc2)c(C(N)=O)c1NC(=O)OC(C)(C)C. The van der Waals surface area contributed by atoms with E-state index in [1.54, 1.807) is 32.9 Å². The minimum absolute atomic E-state index is 0.0206. The highest BCUT2D eigenvalue weighted by Crippen LogP contribution is 2.50. The lowest BCUT2D eigenvalue weighted by Crippen LogP contribution is -2.29. The molecule has 0 atom stereocenters. The Kier molecular flexibility index (Phi) is 7.92. The second-order valence-corrected chi connectivity index (χ2v) is 12.7. The van der Waals surface area contributed by atoms with Crippen molar-refractivity contribution < 1.29 is 23.6 Å². The van der Waals surface area contributed by atoms with Gasteiger partial charge in [0, 0.05) is 30.0 Å². The van der Waals surface area contributed by atoms with E-state index in [0.717, 1.165) is 24.2 Å². The average Bonchev–Trinajstić information content (AvgIpc) is 3.41. The molecule has 0 spiro atoms. The van der Waals surface area contributed by atoms with E-state index in [0.29, 0.717) is 28.3 Å². The number of amides is 2. The maximum atomic E-state index is 12.8. The van der Waals surface area contributed by atoms with Crippen molar-refractivity contribution in [2.24, 2.45) is 11.1 Å². The zero-order chi connectivity index (χ0) is 29.4. The summed E-state index contributed by atoms with van der Waals surface area (Å²) < 4.78 is 12.4. The van der Waals surface area contributed by atoms with E-state index in [2.05, 4.69) is 29.4 Å². The molecule has 3 N–H and O–H groups in total. The van der Waals surface area contributed by atoms with Crippen molar-refractivity contribution in [3.8, 4) is 11.3 Å².